The quantitative estimate of drug-likeness (QED) is 0.166. The van der Waals surface area contributed by atoms with E-state index in [1.165, 1.54) is 22.3 Å². The van der Waals surface area contributed by atoms with Gasteiger partial charge in [-0.15, -0.1) is 0 Å². The average molecular weight is 583 g/mol. The molecule has 0 fully saturated rings. The van der Waals surface area contributed by atoms with E-state index in [4.69, 9.17) is 11.1 Å². The standard InChI is InChI=1S/C37H59O3P/c1-15-16-17-18-21-26(2)37(40-41(38)39,29-24-19-22-27(33(3,4)5)31(29)35(9,10)11)30-25-20-23-28(34(6,7)8)32(30)36(12,13)14/h19-20,22-25,38-39H,2,15-18,21H2,1,3-14H3. The predicted molar refractivity (Wildman–Crippen MR) is 179 cm³/mol. The molecular weight excluding hydrogens is 523 g/mol. The first-order valence-electron chi connectivity index (χ1n) is 15.4. The molecule has 0 heterocycles. The molecule has 2 aromatic carbocycles. The third-order valence-corrected chi connectivity index (χ3v) is 8.49. The van der Waals surface area contributed by atoms with Gasteiger partial charge in [0.05, 0.1) is 0 Å². The molecule has 230 valence electrons. The van der Waals surface area contributed by atoms with Crippen molar-refractivity contribution in [3.05, 3.63) is 81.9 Å². The van der Waals surface area contributed by atoms with Crippen LogP contribution in [0.1, 0.15) is 155 Å². The highest BCUT2D eigenvalue weighted by molar-refractivity contribution is 7.39. The Bertz CT molecular complexity index is 1110. The van der Waals surface area contributed by atoms with Gasteiger partial charge in [-0.3, -0.25) is 4.52 Å². The van der Waals surface area contributed by atoms with Gasteiger partial charge in [0.25, 0.3) is 0 Å². The maximum Gasteiger partial charge on any atom is 0.328 e. The summed E-state index contributed by atoms with van der Waals surface area (Å²) in [5.74, 6) is 0. The molecule has 0 atom stereocenters. The molecule has 0 unspecified atom stereocenters. The van der Waals surface area contributed by atoms with Gasteiger partial charge in [0.15, 0.2) is 0 Å². The molecule has 0 aliphatic carbocycles. The van der Waals surface area contributed by atoms with Crippen LogP contribution in [0.2, 0.25) is 0 Å². The Morgan fingerprint density at radius 1 is 0.634 bits per heavy atom. The Balaban J connectivity index is 3.27. The molecule has 0 amide bonds. The van der Waals surface area contributed by atoms with E-state index in [-0.39, 0.29) is 21.7 Å². The van der Waals surface area contributed by atoms with Crippen LogP contribution in [0.3, 0.4) is 0 Å². The van der Waals surface area contributed by atoms with Crippen LogP contribution >= 0.6 is 8.60 Å². The molecule has 2 rings (SSSR count). The maximum absolute atomic E-state index is 10.8. The van der Waals surface area contributed by atoms with Gasteiger partial charge >= 0.3 is 8.60 Å². The van der Waals surface area contributed by atoms with Crippen molar-refractivity contribution in [1.82, 2.24) is 0 Å². The van der Waals surface area contributed by atoms with Crippen molar-refractivity contribution >= 4 is 8.60 Å². The van der Waals surface area contributed by atoms with Gasteiger partial charge in [0, 0.05) is 0 Å². The van der Waals surface area contributed by atoms with Crippen molar-refractivity contribution in [1.29, 1.82) is 0 Å². The van der Waals surface area contributed by atoms with Crippen LogP contribution in [-0.4, -0.2) is 9.79 Å². The minimum Gasteiger partial charge on any atom is -0.328 e. The van der Waals surface area contributed by atoms with E-state index >= 15 is 0 Å². The lowest BCUT2D eigenvalue weighted by Crippen LogP contribution is -2.39. The first-order chi connectivity index (χ1) is 18.6. The summed E-state index contributed by atoms with van der Waals surface area (Å²) < 4.78 is 6.61. The Kier molecular flexibility index (Phi) is 11.3. The van der Waals surface area contributed by atoms with Crippen molar-refractivity contribution in [3.63, 3.8) is 0 Å². The van der Waals surface area contributed by atoms with Gasteiger partial charge in [-0.1, -0.05) is 152 Å². The molecule has 3 nitrogen and oxygen atoms in total. The fourth-order valence-electron chi connectivity index (χ4n) is 6.31. The van der Waals surface area contributed by atoms with E-state index in [0.717, 1.165) is 48.8 Å². The van der Waals surface area contributed by atoms with Gasteiger partial charge in [-0.05, 0) is 73.5 Å². The first kappa shape index (κ1) is 35.7. The second-order valence-corrected chi connectivity index (χ2v) is 16.6. The zero-order valence-corrected chi connectivity index (χ0v) is 29.4. The number of hydrogen-bond acceptors (Lipinski definition) is 3. The summed E-state index contributed by atoms with van der Waals surface area (Å²) in [6, 6.07) is 12.9. The molecule has 0 saturated heterocycles. The van der Waals surface area contributed by atoms with E-state index in [2.05, 4.69) is 126 Å². The first-order valence-corrected chi connectivity index (χ1v) is 16.6. The number of hydrogen-bond donors (Lipinski definition) is 2. The Hall–Kier alpha value is -1.51. The Labute approximate surface area is 253 Å². The van der Waals surface area contributed by atoms with Gasteiger partial charge in [0.1, 0.15) is 5.60 Å². The number of rotatable bonds is 10. The third-order valence-electron chi connectivity index (χ3n) is 8.05. The summed E-state index contributed by atoms with van der Waals surface area (Å²) in [6.45, 7) is 33.9. The lowest BCUT2D eigenvalue weighted by atomic mass is 9.64. The van der Waals surface area contributed by atoms with E-state index < -0.39 is 14.2 Å². The van der Waals surface area contributed by atoms with Crippen LogP contribution in [0, 0.1) is 0 Å². The average Bonchev–Trinajstić information content (AvgIpc) is 2.81. The monoisotopic (exact) mass is 582 g/mol. The zero-order chi connectivity index (χ0) is 31.6. The van der Waals surface area contributed by atoms with Gasteiger partial charge < -0.3 is 9.79 Å². The van der Waals surface area contributed by atoms with Crippen LogP contribution in [0.15, 0.2) is 48.6 Å². The molecule has 0 aromatic heterocycles. The van der Waals surface area contributed by atoms with Gasteiger partial charge in [-0.25, -0.2) is 0 Å². The van der Waals surface area contributed by atoms with E-state index in [0.29, 0.717) is 0 Å². The van der Waals surface area contributed by atoms with Crippen LogP contribution in [0.5, 0.6) is 0 Å². The number of unbranched alkanes of at least 4 members (excludes halogenated alkanes) is 3. The van der Waals surface area contributed by atoms with Crippen LogP contribution in [0.25, 0.3) is 0 Å². The highest BCUT2D eigenvalue weighted by atomic mass is 31.2. The molecule has 4 heteroatoms. The Morgan fingerprint density at radius 3 is 1.34 bits per heavy atom. The molecule has 2 N–H and O–H groups in total. The van der Waals surface area contributed by atoms with Crippen LogP contribution in [-0.2, 0) is 31.8 Å². The predicted octanol–water partition coefficient (Wildman–Crippen LogP) is 10.9. The van der Waals surface area contributed by atoms with E-state index in [9.17, 15) is 9.79 Å². The molecule has 0 aliphatic rings. The van der Waals surface area contributed by atoms with E-state index in [1.54, 1.807) is 0 Å². The van der Waals surface area contributed by atoms with Crippen molar-refractivity contribution in [2.24, 2.45) is 0 Å². The molecule has 41 heavy (non-hydrogen) atoms. The van der Waals surface area contributed by atoms with Crippen LogP contribution in [0.4, 0.5) is 0 Å². The molecule has 0 radical (unpaired) electrons. The summed E-state index contributed by atoms with van der Waals surface area (Å²) in [5, 5.41) is 0. The molecule has 0 aliphatic heterocycles. The Morgan fingerprint density at radius 2 is 1.02 bits per heavy atom. The molecular formula is C37H59O3P. The lowest BCUT2D eigenvalue weighted by Gasteiger charge is -2.45. The molecule has 2 aromatic rings. The fourth-order valence-corrected chi connectivity index (χ4v) is 6.88. The number of benzene rings is 2. The summed E-state index contributed by atoms with van der Waals surface area (Å²) in [5.41, 5.74) is 5.65. The third kappa shape index (κ3) is 8.11. The normalized spacial score (nSPS) is 13.7. The second-order valence-electron chi connectivity index (χ2n) is 15.9. The summed E-state index contributed by atoms with van der Waals surface area (Å²) in [4.78, 5) is 21.5. The molecule has 0 spiro atoms. The summed E-state index contributed by atoms with van der Waals surface area (Å²) in [7, 11) is -2.72. The highest BCUT2D eigenvalue weighted by Gasteiger charge is 2.48. The SMILES string of the molecule is C=C(CCCCCC)C(OP(O)O)(c1cccc(C(C)(C)C)c1C(C)(C)C)c1cccc(C(C)(C)C)c1C(C)(C)C. The smallest absolute Gasteiger partial charge is 0.328 e. The van der Waals surface area contributed by atoms with E-state index in [1.807, 2.05) is 0 Å². The zero-order valence-electron chi connectivity index (χ0n) is 28.5. The highest BCUT2D eigenvalue weighted by Crippen LogP contribution is 2.55. The summed E-state index contributed by atoms with van der Waals surface area (Å²) >= 11 is 0. The molecule has 0 saturated carbocycles. The van der Waals surface area contributed by atoms with Crippen molar-refractivity contribution in [2.75, 3.05) is 0 Å². The van der Waals surface area contributed by atoms with Crippen LogP contribution < -0.4 is 0 Å². The van der Waals surface area contributed by atoms with Gasteiger partial charge in [-0.2, -0.15) is 0 Å². The fraction of sp³-hybridized carbons (Fsp3) is 0.622. The second kappa shape index (κ2) is 13.0. The van der Waals surface area contributed by atoms with Gasteiger partial charge in [0.2, 0.25) is 0 Å². The summed E-state index contributed by atoms with van der Waals surface area (Å²) in [6.07, 6.45) is 5.11. The molecule has 0 bridgehead atoms. The largest absolute Gasteiger partial charge is 0.328 e. The van der Waals surface area contributed by atoms with Crippen molar-refractivity contribution < 1.29 is 14.3 Å². The minimum atomic E-state index is -2.72. The lowest BCUT2D eigenvalue weighted by molar-refractivity contribution is 0.118. The topological polar surface area (TPSA) is 49.7 Å². The van der Waals surface area contributed by atoms with Crippen molar-refractivity contribution in [3.8, 4) is 0 Å². The van der Waals surface area contributed by atoms with Crippen molar-refractivity contribution in [2.45, 2.75) is 149 Å². The minimum absolute atomic E-state index is 0.129. The maximum atomic E-state index is 10.8.